The standard InChI is InChI=1S/C16H18N2O4S/c1-22-16(19)9-5-6-13-10-11-14(12-17-13)18-23(20,21)15-7-3-2-4-8-15/h2-4,7-8,10-12,18H,5-6,9H2,1H3. The highest BCUT2D eigenvalue weighted by atomic mass is 32.2. The van der Waals surface area contributed by atoms with Crippen molar-refractivity contribution in [1.29, 1.82) is 0 Å². The van der Waals surface area contributed by atoms with Gasteiger partial charge in [0.1, 0.15) is 0 Å². The van der Waals surface area contributed by atoms with Crippen LogP contribution in [0.2, 0.25) is 0 Å². The molecule has 0 aliphatic carbocycles. The predicted octanol–water partition coefficient (Wildman–Crippen LogP) is 2.38. The number of hydrogen-bond donors (Lipinski definition) is 1. The van der Waals surface area contributed by atoms with E-state index in [1.54, 1.807) is 30.3 Å². The summed E-state index contributed by atoms with van der Waals surface area (Å²) >= 11 is 0. The minimum Gasteiger partial charge on any atom is -0.469 e. The summed E-state index contributed by atoms with van der Waals surface area (Å²) in [7, 11) is -2.25. The van der Waals surface area contributed by atoms with Gasteiger partial charge in [-0.25, -0.2) is 8.42 Å². The van der Waals surface area contributed by atoms with Gasteiger partial charge in [0.25, 0.3) is 10.0 Å². The number of aromatic nitrogens is 1. The van der Waals surface area contributed by atoms with Gasteiger partial charge in [-0.3, -0.25) is 14.5 Å². The van der Waals surface area contributed by atoms with Crippen LogP contribution in [0.1, 0.15) is 18.5 Å². The van der Waals surface area contributed by atoms with Crippen LogP contribution >= 0.6 is 0 Å². The van der Waals surface area contributed by atoms with Crippen LogP contribution in [0.3, 0.4) is 0 Å². The number of aryl methyl sites for hydroxylation is 1. The first-order chi connectivity index (χ1) is 11.0. The topological polar surface area (TPSA) is 85.4 Å². The van der Waals surface area contributed by atoms with Gasteiger partial charge in [-0.05, 0) is 37.1 Å². The Labute approximate surface area is 135 Å². The number of methoxy groups -OCH3 is 1. The maximum atomic E-state index is 12.2. The summed E-state index contributed by atoms with van der Waals surface area (Å²) in [6, 6.07) is 11.5. The predicted molar refractivity (Wildman–Crippen MR) is 86.4 cm³/mol. The highest BCUT2D eigenvalue weighted by Gasteiger charge is 2.13. The van der Waals surface area contributed by atoms with E-state index in [1.807, 2.05) is 0 Å². The molecule has 1 aromatic carbocycles. The second kappa shape index (κ2) is 7.73. The smallest absolute Gasteiger partial charge is 0.305 e. The molecule has 0 amide bonds. The molecule has 0 saturated carbocycles. The van der Waals surface area contributed by atoms with Gasteiger partial charge in [0, 0.05) is 12.1 Å². The summed E-state index contributed by atoms with van der Waals surface area (Å²) in [4.78, 5) is 15.4. The second-order valence-corrected chi connectivity index (χ2v) is 6.57. The van der Waals surface area contributed by atoms with Crippen molar-refractivity contribution in [2.24, 2.45) is 0 Å². The van der Waals surface area contributed by atoms with Crippen LogP contribution in [0.4, 0.5) is 5.69 Å². The number of sulfonamides is 1. The molecule has 0 aliphatic heterocycles. The van der Waals surface area contributed by atoms with E-state index in [4.69, 9.17) is 0 Å². The quantitative estimate of drug-likeness (QED) is 0.786. The molecule has 0 aliphatic rings. The fraction of sp³-hybridized carbons (Fsp3) is 0.250. The first kappa shape index (κ1) is 17.0. The summed E-state index contributed by atoms with van der Waals surface area (Å²) < 4.78 is 31.4. The molecule has 1 N–H and O–H groups in total. The third-order valence-electron chi connectivity index (χ3n) is 3.17. The van der Waals surface area contributed by atoms with Gasteiger partial charge in [0.05, 0.1) is 23.9 Å². The zero-order valence-corrected chi connectivity index (χ0v) is 13.5. The molecule has 0 bridgehead atoms. The minimum absolute atomic E-state index is 0.196. The van der Waals surface area contributed by atoms with Crippen molar-refractivity contribution in [3.8, 4) is 0 Å². The zero-order valence-electron chi connectivity index (χ0n) is 12.7. The van der Waals surface area contributed by atoms with Crippen molar-refractivity contribution in [1.82, 2.24) is 4.98 Å². The molecule has 0 radical (unpaired) electrons. The molecular weight excluding hydrogens is 316 g/mol. The molecule has 6 nitrogen and oxygen atoms in total. The number of esters is 1. The van der Waals surface area contributed by atoms with Gasteiger partial charge >= 0.3 is 5.97 Å². The highest BCUT2D eigenvalue weighted by Crippen LogP contribution is 2.15. The number of nitrogens with one attached hydrogen (secondary N) is 1. The fourth-order valence-electron chi connectivity index (χ4n) is 1.96. The van der Waals surface area contributed by atoms with E-state index in [-0.39, 0.29) is 10.9 Å². The average Bonchev–Trinajstić information content (AvgIpc) is 2.57. The van der Waals surface area contributed by atoms with Crippen molar-refractivity contribution in [3.63, 3.8) is 0 Å². The van der Waals surface area contributed by atoms with Crippen molar-refractivity contribution in [2.75, 3.05) is 11.8 Å². The molecule has 7 heteroatoms. The monoisotopic (exact) mass is 334 g/mol. The molecule has 0 atom stereocenters. The maximum absolute atomic E-state index is 12.2. The summed E-state index contributed by atoms with van der Waals surface area (Å²) in [6.45, 7) is 0. The SMILES string of the molecule is COC(=O)CCCc1ccc(NS(=O)(=O)c2ccccc2)cn1. The number of pyridine rings is 1. The van der Waals surface area contributed by atoms with Gasteiger partial charge < -0.3 is 4.74 Å². The number of anilines is 1. The lowest BCUT2D eigenvalue weighted by Crippen LogP contribution is -2.13. The van der Waals surface area contributed by atoms with Crippen LogP contribution in [0.15, 0.2) is 53.6 Å². The van der Waals surface area contributed by atoms with Gasteiger partial charge in [-0.15, -0.1) is 0 Å². The van der Waals surface area contributed by atoms with E-state index in [2.05, 4.69) is 14.4 Å². The molecule has 0 spiro atoms. The highest BCUT2D eigenvalue weighted by molar-refractivity contribution is 7.92. The molecule has 122 valence electrons. The van der Waals surface area contributed by atoms with E-state index in [9.17, 15) is 13.2 Å². The minimum atomic E-state index is -3.61. The molecular formula is C16H18N2O4S. The third kappa shape index (κ3) is 5.07. The lowest BCUT2D eigenvalue weighted by molar-refractivity contribution is -0.140. The van der Waals surface area contributed by atoms with Gasteiger partial charge in [0.15, 0.2) is 0 Å². The van der Waals surface area contributed by atoms with Gasteiger partial charge in [0.2, 0.25) is 0 Å². The molecule has 0 fully saturated rings. The Morgan fingerprint density at radius 2 is 1.91 bits per heavy atom. The third-order valence-corrected chi connectivity index (χ3v) is 4.57. The first-order valence-corrected chi connectivity index (χ1v) is 8.59. The van der Waals surface area contributed by atoms with Crippen molar-refractivity contribution in [3.05, 3.63) is 54.4 Å². The zero-order chi connectivity index (χ0) is 16.7. The van der Waals surface area contributed by atoms with Crippen LogP contribution in [-0.2, 0) is 26.0 Å². The Balaban J connectivity index is 1.96. The molecule has 1 heterocycles. The largest absolute Gasteiger partial charge is 0.469 e. The van der Waals surface area contributed by atoms with E-state index in [0.717, 1.165) is 5.69 Å². The Morgan fingerprint density at radius 3 is 2.52 bits per heavy atom. The molecule has 0 saturated heterocycles. The van der Waals surface area contributed by atoms with E-state index in [0.29, 0.717) is 24.9 Å². The van der Waals surface area contributed by atoms with E-state index < -0.39 is 10.0 Å². The van der Waals surface area contributed by atoms with Crippen LogP contribution < -0.4 is 4.72 Å². The number of carbonyl (C=O) groups excluding carboxylic acids is 1. The molecule has 2 rings (SSSR count). The fourth-order valence-corrected chi connectivity index (χ4v) is 3.03. The summed E-state index contributed by atoms with van der Waals surface area (Å²) in [5.74, 6) is -0.253. The molecule has 23 heavy (non-hydrogen) atoms. The van der Waals surface area contributed by atoms with Gasteiger partial charge in [-0.1, -0.05) is 18.2 Å². The van der Waals surface area contributed by atoms with Crippen molar-refractivity contribution >= 4 is 21.7 Å². The van der Waals surface area contributed by atoms with Gasteiger partial charge in [-0.2, -0.15) is 0 Å². The van der Waals surface area contributed by atoms with Crippen LogP contribution in [-0.4, -0.2) is 26.5 Å². The molecule has 2 aromatic rings. The Kier molecular flexibility index (Phi) is 5.70. The number of rotatable bonds is 7. The number of nitrogens with zero attached hydrogens (tertiary/aromatic N) is 1. The first-order valence-electron chi connectivity index (χ1n) is 7.11. The van der Waals surface area contributed by atoms with Crippen molar-refractivity contribution in [2.45, 2.75) is 24.2 Å². The number of hydrogen-bond acceptors (Lipinski definition) is 5. The van der Waals surface area contributed by atoms with Crippen LogP contribution in [0, 0.1) is 0 Å². The number of benzene rings is 1. The number of carbonyl (C=O) groups is 1. The van der Waals surface area contributed by atoms with E-state index in [1.165, 1.54) is 25.4 Å². The van der Waals surface area contributed by atoms with Crippen LogP contribution in [0.5, 0.6) is 0 Å². The van der Waals surface area contributed by atoms with Crippen molar-refractivity contribution < 1.29 is 17.9 Å². The second-order valence-electron chi connectivity index (χ2n) is 4.89. The Hall–Kier alpha value is -2.41. The summed E-state index contributed by atoms with van der Waals surface area (Å²) in [6.07, 6.45) is 3.06. The lowest BCUT2D eigenvalue weighted by Gasteiger charge is -2.08. The molecule has 1 aromatic heterocycles. The summed E-state index contributed by atoms with van der Waals surface area (Å²) in [5, 5.41) is 0. The summed E-state index contributed by atoms with van der Waals surface area (Å²) in [5.41, 5.74) is 1.18. The molecule has 0 unspecified atom stereocenters. The van der Waals surface area contributed by atoms with Crippen LogP contribution in [0.25, 0.3) is 0 Å². The Morgan fingerprint density at radius 1 is 1.17 bits per heavy atom. The number of ether oxygens (including phenoxy) is 1. The lowest BCUT2D eigenvalue weighted by atomic mass is 10.2. The normalized spacial score (nSPS) is 11.0. The van der Waals surface area contributed by atoms with E-state index >= 15 is 0 Å². The average molecular weight is 334 g/mol. The maximum Gasteiger partial charge on any atom is 0.305 e. The Bertz CT molecular complexity index is 743.